The number of nitrogens with two attached hydrogens (primary N) is 1. The van der Waals surface area contributed by atoms with Crippen molar-refractivity contribution in [2.75, 3.05) is 26.2 Å². The van der Waals surface area contributed by atoms with Gasteiger partial charge in [0.2, 0.25) is 5.91 Å². The number of hydrogen-bond donors (Lipinski definition) is 2. The second kappa shape index (κ2) is 6.66. The number of carbonyl (C=O) groups is 1. The molecule has 1 heterocycles. The lowest BCUT2D eigenvalue weighted by molar-refractivity contribution is -0.119. The van der Waals surface area contributed by atoms with Crippen molar-refractivity contribution in [1.82, 2.24) is 10.2 Å². The number of amides is 1. The van der Waals surface area contributed by atoms with Gasteiger partial charge in [-0.1, -0.05) is 5.57 Å². The highest BCUT2D eigenvalue weighted by Gasteiger charge is 2.21. The first kappa shape index (κ1) is 13.2. The molecule has 0 unspecified atom stereocenters. The summed E-state index contributed by atoms with van der Waals surface area (Å²) in [7, 11) is 0. The van der Waals surface area contributed by atoms with Crippen LogP contribution < -0.4 is 11.1 Å². The molecule has 1 aliphatic rings. The third kappa shape index (κ3) is 4.77. The van der Waals surface area contributed by atoms with Gasteiger partial charge in [0.1, 0.15) is 0 Å². The molecule has 0 aromatic rings. The summed E-state index contributed by atoms with van der Waals surface area (Å²) in [4.78, 5) is 13.2. The van der Waals surface area contributed by atoms with Crippen molar-refractivity contribution in [1.29, 1.82) is 0 Å². The van der Waals surface area contributed by atoms with Crippen molar-refractivity contribution in [3.8, 4) is 0 Å². The molecule has 1 fully saturated rings. The van der Waals surface area contributed by atoms with Crippen LogP contribution in [0.4, 0.5) is 0 Å². The molecule has 0 aliphatic carbocycles. The highest BCUT2D eigenvalue weighted by atomic mass is 16.1. The van der Waals surface area contributed by atoms with Crippen molar-refractivity contribution in [3.63, 3.8) is 0 Å². The Hall–Kier alpha value is -0.870. The molecular weight excluding hydrogens is 202 g/mol. The molecule has 0 atom stereocenters. The molecule has 0 spiro atoms. The summed E-state index contributed by atoms with van der Waals surface area (Å²) < 4.78 is 0. The van der Waals surface area contributed by atoms with Crippen LogP contribution >= 0.6 is 0 Å². The van der Waals surface area contributed by atoms with Crippen LogP contribution in [0.15, 0.2) is 12.2 Å². The molecule has 92 valence electrons. The molecule has 0 aromatic carbocycles. The third-order valence-electron chi connectivity index (χ3n) is 3.01. The average molecular weight is 225 g/mol. The van der Waals surface area contributed by atoms with Crippen LogP contribution in [0, 0.1) is 0 Å². The summed E-state index contributed by atoms with van der Waals surface area (Å²) in [6.07, 6.45) is 3.14. The van der Waals surface area contributed by atoms with Crippen LogP contribution in [0.2, 0.25) is 0 Å². The summed E-state index contributed by atoms with van der Waals surface area (Å²) in [5.74, 6) is -0.236. The predicted molar refractivity (Wildman–Crippen MR) is 66.1 cm³/mol. The molecule has 0 radical (unpaired) electrons. The molecule has 1 rings (SSSR count). The summed E-state index contributed by atoms with van der Waals surface area (Å²) >= 11 is 0. The number of rotatable bonds is 6. The Kier molecular flexibility index (Phi) is 5.49. The van der Waals surface area contributed by atoms with E-state index in [0.717, 1.165) is 44.5 Å². The van der Waals surface area contributed by atoms with Gasteiger partial charge < -0.3 is 11.1 Å². The molecule has 1 aliphatic heterocycles. The molecule has 0 saturated carbocycles. The molecule has 0 aromatic heterocycles. The van der Waals surface area contributed by atoms with E-state index in [2.05, 4.69) is 16.8 Å². The van der Waals surface area contributed by atoms with Gasteiger partial charge in [-0.3, -0.25) is 9.69 Å². The maximum Gasteiger partial charge on any atom is 0.231 e. The molecule has 16 heavy (non-hydrogen) atoms. The minimum atomic E-state index is -0.236. The van der Waals surface area contributed by atoms with E-state index in [1.165, 1.54) is 0 Å². The van der Waals surface area contributed by atoms with Crippen LogP contribution in [-0.4, -0.2) is 43.0 Å². The average Bonchev–Trinajstić information content (AvgIpc) is 2.25. The van der Waals surface area contributed by atoms with Crippen molar-refractivity contribution < 1.29 is 4.79 Å². The maximum absolute atomic E-state index is 11.0. The Morgan fingerprint density at radius 3 is 2.62 bits per heavy atom. The number of nitrogens with one attached hydrogen (secondary N) is 1. The first-order valence-electron chi connectivity index (χ1n) is 5.97. The maximum atomic E-state index is 11.0. The van der Waals surface area contributed by atoms with Crippen molar-refractivity contribution in [3.05, 3.63) is 12.2 Å². The Balaban J connectivity index is 2.47. The van der Waals surface area contributed by atoms with Crippen LogP contribution in [0.25, 0.3) is 0 Å². The topological polar surface area (TPSA) is 58.4 Å². The van der Waals surface area contributed by atoms with Gasteiger partial charge in [0, 0.05) is 12.6 Å². The van der Waals surface area contributed by atoms with Crippen molar-refractivity contribution >= 4 is 5.91 Å². The van der Waals surface area contributed by atoms with E-state index in [1.54, 1.807) is 0 Å². The van der Waals surface area contributed by atoms with Crippen molar-refractivity contribution in [2.45, 2.75) is 32.2 Å². The van der Waals surface area contributed by atoms with Crippen LogP contribution in [0.3, 0.4) is 0 Å². The number of primary amides is 1. The zero-order valence-electron chi connectivity index (χ0n) is 10.2. The molecule has 4 nitrogen and oxygen atoms in total. The molecule has 4 heteroatoms. The van der Waals surface area contributed by atoms with Gasteiger partial charge >= 0.3 is 0 Å². The summed E-state index contributed by atoms with van der Waals surface area (Å²) in [5, 5.41) is 3.33. The Morgan fingerprint density at radius 2 is 2.12 bits per heavy atom. The normalized spacial score (nSPS) is 17.6. The third-order valence-corrected chi connectivity index (χ3v) is 3.01. The fraction of sp³-hybridized carbons (Fsp3) is 0.750. The van der Waals surface area contributed by atoms with Gasteiger partial charge in [-0.25, -0.2) is 0 Å². The largest absolute Gasteiger partial charge is 0.369 e. The van der Waals surface area contributed by atoms with Crippen LogP contribution in [-0.2, 0) is 4.79 Å². The Bertz CT molecular complexity index is 247. The van der Waals surface area contributed by atoms with E-state index in [1.807, 2.05) is 6.92 Å². The van der Waals surface area contributed by atoms with Crippen molar-refractivity contribution in [2.24, 2.45) is 5.73 Å². The zero-order valence-corrected chi connectivity index (χ0v) is 10.2. The number of piperidine rings is 1. The molecular formula is C12H23N3O. The molecule has 1 amide bonds. The predicted octanol–water partition coefficient (Wildman–Crippen LogP) is 0.492. The zero-order chi connectivity index (χ0) is 12.0. The standard InChI is InChI=1S/C12H23N3O/c1-10(2)5-8-15(9-12(13)16)11-3-6-14-7-4-11/h11,14H,1,3-9H2,2H3,(H2,13,16). The molecule has 0 bridgehead atoms. The van der Waals surface area contributed by atoms with Crippen LogP contribution in [0.5, 0.6) is 0 Å². The van der Waals surface area contributed by atoms with Gasteiger partial charge in [0.25, 0.3) is 0 Å². The van der Waals surface area contributed by atoms with E-state index in [9.17, 15) is 4.79 Å². The lowest BCUT2D eigenvalue weighted by atomic mass is 10.0. The first-order valence-corrected chi connectivity index (χ1v) is 5.97. The summed E-state index contributed by atoms with van der Waals surface area (Å²) in [5.41, 5.74) is 6.44. The second-order valence-corrected chi connectivity index (χ2v) is 4.63. The van der Waals surface area contributed by atoms with E-state index in [4.69, 9.17) is 5.73 Å². The van der Waals surface area contributed by atoms with E-state index in [0.29, 0.717) is 12.6 Å². The lowest BCUT2D eigenvalue weighted by Crippen LogP contribution is -2.46. The highest BCUT2D eigenvalue weighted by Crippen LogP contribution is 2.13. The van der Waals surface area contributed by atoms with E-state index < -0.39 is 0 Å². The van der Waals surface area contributed by atoms with Gasteiger partial charge in [-0.15, -0.1) is 6.58 Å². The minimum Gasteiger partial charge on any atom is -0.369 e. The fourth-order valence-electron chi connectivity index (χ4n) is 2.10. The van der Waals surface area contributed by atoms with Gasteiger partial charge in [0.15, 0.2) is 0 Å². The number of hydrogen-bond acceptors (Lipinski definition) is 3. The SMILES string of the molecule is C=C(C)CCN(CC(N)=O)C1CCNCC1. The summed E-state index contributed by atoms with van der Waals surface area (Å²) in [6, 6.07) is 0.494. The summed E-state index contributed by atoms with van der Waals surface area (Å²) in [6.45, 7) is 9.25. The lowest BCUT2D eigenvalue weighted by Gasteiger charge is -2.33. The molecule has 3 N–H and O–H groups in total. The molecule has 1 saturated heterocycles. The fourth-order valence-corrected chi connectivity index (χ4v) is 2.10. The minimum absolute atomic E-state index is 0.236. The Labute approximate surface area is 97.9 Å². The smallest absolute Gasteiger partial charge is 0.231 e. The van der Waals surface area contributed by atoms with Gasteiger partial charge in [0.05, 0.1) is 6.54 Å². The van der Waals surface area contributed by atoms with Crippen LogP contribution in [0.1, 0.15) is 26.2 Å². The van der Waals surface area contributed by atoms with Gasteiger partial charge in [-0.05, 0) is 39.3 Å². The number of nitrogens with zero attached hydrogens (tertiary/aromatic N) is 1. The van der Waals surface area contributed by atoms with E-state index in [-0.39, 0.29) is 5.91 Å². The second-order valence-electron chi connectivity index (χ2n) is 4.63. The quantitative estimate of drug-likeness (QED) is 0.647. The number of carbonyl (C=O) groups excluding carboxylic acids is 1. The van der Waals surface area contributed by atoms with E-state index >= 15 is 0 Å². The Morgan fingerprint density at radius 1 is 1.50 bits per heavy atom. The monoisotopic (exact) mass is 225 g/mol. The van der Waals surface area contributed by atoms with Gasteiger partial charge in [-0.2, -0.15) is 0 Å². The highest BCUT2D eigenvalue weighted by molar-refractivity contribution is 5.75. The first-order chi connectivity index (χ1) is 7.59.